The summed E-state index contributed by atoms with van der Waals surface area (Å²) >= 11 is 11.6. The average molecular weight is 317 g/mol. The quantitative estimate of drug-likeness (QED) is 0.796. The van der Waals surface area contributed by atoms with Gasteiger partial charge in [0.05, 0.1) is 5.41 Å². The van der Waals surface area contributed by atoms with E-state index < -0.39 is 17.4 Å². The summed E-state index contributed by atoms with van der Waals surface area (Å²) in [5, 5.41) is 15.1. The molecular formula is C13H14Cl2N2O3. The first-order valence-electron chi connectivity index (χ1n) is 6.16. The van der Waals surface area contributed by atoms with Crippen LogP contribution in [-0.4, -0.2) is 23.7 Å². The number of carbonyl (C=O) groups is 2. The van der Waals surface area contributed by atoms with Gasteiger partial charge in [0.2, 0.25) is 0 Å². The predicted molar refractivity (Wildman–Crippen MR) is 77.4 cm³/mol. The number of carboxylic acid groups (broad SMARTS) is 1. The molecular weight excluding hydrogens is 303 g/mol. The summed E-state index contributed by atoms with van der Waals surface area (Å²) in [6.45, 7) is 0.114. The number of benzene rings is 1. The van der Waals surface area contributed by atoms with Crippen molar-refractivity contribution in [2.24, 2.45) is 5.41 Å². The summed E-state index contributed by atoms with van der Waals surface area (Å²) in [6.07, 6.45) is 2.05. The van der Waals surface area contributed by atoms with Crippen LogP contribution in [0.1, 0.15) is 19.3 Å². The molecule has 0 spiro atoms. The molecule has 0 unspecified atom stereocenters. The molecule has 0 aliphatic heterocycles. The van der Waals surface area contributed by atoms with Gasteiger partial charge in [-0.05, 0) is 31.0 Å². The van der Waals surface area contributed by atoms with Gasteiger partial charge in [-0.3, -0.25) is 4.79 Å². The van der Waals surface area contributed by atoms with Crippen LogP contribution < -0.4 is 10.6 Å². The number of anilines is 1. The smallest absolute Gasteiger partial charge is 0.319 e. The first kappa shape index (κ1) is 14.9. The molecule has 0 heterocycles. The highest BCUT2D eigenvalue weighted by Crippen LogP contribution is 2.40. The Kier molecular flexibility index (Phi) is 4.40. The van der Waals surface area contributed by atoms with E-state index in [0.29, 0.717) is 28.6 Å². The minimum Gasteiger partial charge on any atom is -0.481 e. The Labute approximate surface area is 126 Å². The molecule has 0 aromatic heterocycles. The van der Waals surface area contributed by atoms with Gasteiger partial charge in [0, 0.05) is 22.3 Å². The van der Waals surface area contributed by atoms with Crippen LogP contribution in [0.15, 0.2) is 18.2 Å². The summed E-state index contributed by atoms with van der Waals surface area (Å²) in [7, 11) is 0. The van der Waals surface area contributed by atoms with Crippen molar-refractivity contribution in [1.29, 1.82) is 0 Å². The second kappa shape index (κ2) is 5.89. The molecule has 3 N–H and O–H groups in total. The third-order valence-electron chi connectivity index (χ3n) is 3.47. The van der Waals surface area contributed by atoms with Crippen LogP contribution >= 0.6 is 23.2 Å². The van der Waals surface area contributed by atoms with E-state index in [0.717, 1.165) is 6.42 Å². The molecule has 1 aliphatic carbocycles. The Morgan fingerprint density at radius 1 is 1.20 bits per heavy atom. The normalized spacial score (nSPS) is 16.1. The molecule has 20 heavy (non-hydrogen) atoms. The minimum absolute atomic E-state index is 0.114. The SMILES string of the molecule is O=C(NCC1(C(=O)O)CCC1)Nc1cc(Cl)cc(Cl)c1. The largest absolute Gasteiger partial charge is 0.481 e. The van der Waals surface area contributed by atoms with Crippen molar-refractivity contribution in [2.45, 2.75) is 19.3 Å². The van der Waals surface area contributed by atoms with Gasteiger partial charge >= 0.3 is 12.0 Å². The van der Waals surface area contributed by atoms with E-state index in [4.69, 9.17) is 28.3 Å². The third-order valence-corrected chi connectivity index (χ3v) is 3.91. The predicted octanol–water partition coefficient (Wildman–Crippen LogP) is 3.37. The maximum Gasteiger partial charge on any atom is 0.319 e. The summed E-state index contributed by atoms with van der Waals surface area (Å²) in [4.78, 5) is 22.9. The van der Waals surface area contributed by atoms with Gasteiger partial charge in [-0.25, -0.2) is 4.79 Å². The Morgan fingerprint density at radius 3 is 2.25 bits per heavy atom. The number of aliphatic carboxylic acids is 1. The lowest BCUT2D eigenvalue weighted by atomic mass is 9.69. The number of halogens is 2. The third kappa shape index (κ3) is 3.35. The van der Waals surface area contributed by atoms with E-state index in [-0.39, 0.29) is 6.54 Å². The van der Waals surface area contributed by atoms with Crippen molar-refractivity contribution in [1.82, 2.24) is 5.32 Å². The van der Waals surface area contributed by atoms with Gasteiger partial charge in [0.25, 0.3) is 0 Å². The molecule has 5 nitrogen and oxygen atoms in total. The molecule has 2 rings (SSSR count). The maximum absolute atomic E-state index is 11.7. The lowest BCUT2D eigenvalue weighted by Crippen LogP contribution is -2.48. The second-order valence-corrected chi connectivity index (χ2v) is 5.78. The van der Waals surface area contributed by atoms with Gasteiger partial charge in [0.15, 0.2) is 0 Å². The molecule has 7 heteroatoms. The molecule has 1 saturated carbocycles. The van der Waals surface area contributed by atoms with Crippen LogP contribution in [0, 0.1) is 5.41 Å². The number of nitrogens with one attached hydrogen (secondary N) is 2. The summed E-state index contributed by atoms with van der Waals surface area (Å²) in [5.74, 6) is -0.866. The molecule has 0 saturated heterocycles. The van der Waals surface area contributed by atoms with Crippen molar-refractivity contribution in [2.75, 3.05) is 11.9 Å². The molecule has 0 bridgehead atoms. The van der Waals surface area contributed by atoms with Crippen LogP contribution in [0.4, 0.5) is 10.5 Å². The zero-order valence-electron chi connectivity index (χ0n) is 10.6. The van der Waals surface area contributed by atoms with Crippen LogP contribution in [-0.2, 0) is 4.79 Å². The lowest BCUT2D eigenvalue weighted by molar-refractivity contribution is -0.153. The van der Waals surface area contributed by atoms with Crippen molar-refractivity contribution < 1.29 is 14.7 Å². The molecule has 1 aromatic carbocycles. The zero-order chi connectivity index (χ0) is 14.8. The Morgan fingerprint density at radius 2 is 1.80 bits per heavy atom. The summed E-state index contributed by atoms with van der Waals surface area (Å²) in [5.41, 5.74) is -0.360. The van der Waals surface area contributed by atoms with Gasteiger partial charge in [-0.15, -0.1) is 0 Å². The fraction of sp³-hybridized carbons (Fsp3) is 0.385. The van der Waals surface area contributed by atoms with Crippen molar-refractivity contribution in [3.63, 3.8) is 0 Å². The summed E-state index contributed by atoms with van der Waals surface area (Å²) in [6, 6.07) is 4.20. The fourth-order valence-corrected chi connectivity index (χ4v) is 2.65. The molecule has 0 atom stereocenters. The number of carboxylic acids is 1. The monoisotopic (exact) mass is 316 g/mol. The molecule has 108 valence electrons. The Bertz CT molecular complexity index is 524. The molecule has 1 fully saturated rings. The Hall–Kier alpha value is -1.46. The molecule has 0 radical (unpaired) electrons. The number of hydrogen-bond acceptors (Lipinski definition) is 2. The van der Waals surface area contributed by atoms with E-state index in [9.17, 15) is 9.59 Å². The first-order valence-corrected chi connectivity index (χ1v) is 6.91. The zero-order valence-corrected chi connectivity index (χ0v) is 12.1. The molecule has 2 amide bonds. The maximum atomic E-state index is 11.7. The number of hydrogen-bond donors (Lipinski definition) is 3. The van der Waals surface area contributed by atoms with Gasteiger partial charge in [0.1, 0.15) is 0 Å². The van der Waals surface area contributed by atoms with E-state index >= 15 is 0 Å². The lowest BCUT2D eigenvalue weighted by Gasteiger charge is -2.37. The minimum atomic E-state index is -0.866. The first-order chi connectivity index (χ1) is 9.41. The molecule has 1 aliphatic rings. The summed E-state index contributed by atoms with van der Waals surface area (Å²) < 4.78 is 0. The van der Waals surface area contributed by atoms with Crippen molar-refractivity contribution >= 4 is 40.9 Å². The van der Waals surface area contributed by atoms with E-state index in [1.165, 1.54) is 0 Å². The van der Waals surface area contributed by atoms with Crippen LogP contribution in [0.3, 0.4) is 0 Å². The van der Waals surface area contributed by atoms with Crippen molar-refractivity contribution in [3.05, 3.63) is 28.2 Å². The van der Waals surface area contributed by atoms with Crippen LogP contribution in [0.25, 0.3) is 0 Å². The van der Waals surface area contributed by atoms with E-state index in [1.807, 2.05) is 0 Å². The Balaban J connectivity index is 1.91. The highest BCUT2D eigenvalue weighted by Gasteiger charge is 2.44. The topological polar surface area (TPSA) is 78.4 Å². The van der Waals surface area contributed by atoms with Crippen LogP contribution in [0.2, 0.25) is 10.0 Å². The number of amides is 2. The number of rotatable bonds is 4. The fourth-order valence-electron chi connectivity index (χ4n) is 2.12. The van der Waals surface area contributed by atoms with Crippen LogP contribution in [0.5, 0.6) is 0 Å². The average Bonchev–Trinajstić information content (AvgIpc) is 2.25. The molecule has 1 aromatic rings. The van der Waals surface area contributed by atoms with E-state index in [1.54, 1.807) is 18.2 Å². The van der Waals surface area contributed by atoms with Crippen molar-refractivity contribution in [3.8, 4) is 0 Å². The standard InChI is InChI=1S/C13H14Cl2N2O3/c14-8-4-9(15)6-10(5-8)17-12(20)16-7-13(11(18)19)2-1-3-13/h4-6H,1-3,7H2,(H,18,19)(H2,16,17,20). The highest BCUT2D eigenvalue weighted by molar-refractivity contribution is 6.35. The van der Waals surface area contributed by atoms with Gasteiger partial charge in [-0.1, -0.05) is 29.6 Å². The van der Waals surface area contributed by atoms with Gasteiger partial charge in [-0.2, -0.15) is 0 Å². The highest BCUT2D eigenvalue weighted by atomic mass is 35.5. The number of urea groups is 1. The van der Waals surface area contributed by atoms with E-state index in [2.05, 4.69) is 10.6 Å². The van der Waals surface area contributed by atoms with Gasteiger partial charge < -0.3 is 15.7 Å². The number of carbonyl (C=O) groups excluding carboxylic acids is 1. The second-order valence-electron chi connectivity index (χ2n) is 4.90.